The van der Waals surface area contributed by atoms with E-state index in [1.807, 2.05) is 11.8 Å². The van der Waals surface area contributed by atoms with Crippen LogP contribution >= 0.6 is 23.1 Å². The summed E-state index contributed by atoms with van der Waals surface area (Å²) in [6, 6.07) is 4.61. The maximum absolute atomic E-state index is 12.2. The Morgan fingerprint density at radius 2 is 2.37 bits per heavy atom. The normalized spacial score (nSPS) is 31.9. The van der Waals surface area contributed by atoms with Crippen LogP contribution in [0.3, 0.4) is 0 Å². The predicted octanol–water partition coefficient (Wildman–Crippen LogP) is 2.85. The smallest absolute Gasteiger partial charge is 0.238 e. The summed E-state index contributed by atoms with van der Waals surface area (Å²) < 4.78 is 0. The molecule has 1 aliphatic heterocycles. The first kappa shape index (κ1) is 13.5. The zero-order valence-corrected chi connectivity index (χ0v) is 12.8. The van der Waals surface area contributed by atoms with Crippen molar-refractivity contribution < 1.29 is 4.79 Å². The van der Waals surface area contributed by atoms with Gasteiger partial charge in [-0.2, -0.15) is 11.8 Å². The third-order valence-electron chi connectivity index (χ3n) is 4.15. The highest BCUT2D eigenvalue weighted by atomic mass is 32.2. The van der Waals surface area contributed by atoms with Gasteiger partial charge in [0.1, 0.15) is 6.17 Å². The number of nitrogens with zero attached hydrogens (tertiary/aromatic N) is 1. The van der Waals surface area contributed by atoms with Crippen LogP contribution in [-0.2, 0) is 4.79 Å². The number of hydrogen-bond acceptors (Lipinski definition) is 4. The van der Waals surface area contributed by atoms with Gasteiger partial charge in [-0.15, -0.1) is 11.3 Å². The summed E-state index contributed by atoms with van der Waals surface area (Å²) >= 11 is 3.69. The van der Waals surface area contributed by atoms with Crippen LogP contribution in [0.5, 0.6) is 0 Å². The van der Waals surface area contributed by atoms with E-state index >= 15 is 0 Å². The lowest BCUT2D eigenvalue weighted by Gasteiger charge is -2.37. The topological polar surface area (TPSA) is 32.3 Å². The number of nitrogens with one attached hydrogen (secondary N) is 1. The van der Waals surface area contributed by atoms with Gasteiger partial charge in [0.15, 0.2) is 0 Å². The Labute approximate surface area is 122 Å². The summed E-state index contributed by atoms with van der Waals surface area (Å²) in [5, 5.41) is 6.17. The number of hydrogen-bond donors (Lipinski definition) is 1. The van der Waals surface area contributed by atoms with Gasteiger partial charge in [-0.1, -0.05) is 12.5 Å². The van der Waals surface area contributed by atoms with Crippen molar-refractivity contribution in [3.8, 4) is 0 Å². The number of thioether (sulfide) groups is 1. The summed E-state index contributed by atoms with van der Waals surface area (Å²) in [5.41, 5.74) is 0. The molecule has 104 valence electrons. The van der Waals surface area contributed by atoms with Crippen molar-refractivity contribution in [1.82, 2.24) is 10.2 Å². The van der Waals surface area contributed by atoms with Gasteiger partial charge in [0.05, 0.1) is 6.54 Å². The van der Waals surface area contributed by atoms with E-state index in [0.29, 0.717) is 12.6 Å². The predicted molar refractivity (Wildman–Crippen MR) is 81.5 cm³/mol. The van der Waals surface area contributed by atoms with Crippen molar-refractivity contribution in [2.45, 2.75) is 43.1 Å². The zero-order chi connectivity index (χ0) is 13.2. The lowest BCUT2D eigenvalue weighted by atomic mass is 9.93. The molecule has 1 amide bonds. The van der Waals surface area contributed by atoms with E-state index in [9.17, 15) is 4.79 Å². The molecule has 19 heavy (non-hydrogen) atoms. The fraction of sp³-hybridized carbons (Fsp3) is 0.643. The molecule has 2 fully saturated rings. The highest BCUT2D eigenvalue weighted by Crippen LogP contribution is 2.36. The van der Waals surface area contributed by atoms with Gasteiger partial charge in [-0.25, -0.2) is 0 Å². The summed E-state index contributed by atoms with van der Waals surface area (Å²) in [6.07, 6.45) is 7.16. The molecule has 3 nitrogen and oxygen atoms in total. The first-order valence-corrected chi connectivity index (χ1v) is 9.07. The largest absolute Gasteiger partial charge is 0.318 e. The van der Waals surface area contributed by atoms with Crippen LogP contribution in [0.4, 0.5) is 0 Å². The third kappa shape index (κ3) is 2.69. The molecule has 2 aliphatic rings. The molecule has 1 saturated heterocycles. The summed E-state index contributed by atoms with van der Waals surface area (Å²) in [4.78, 5) is 15.6. The van der Waals surface area contributed by atoms with Crippen molar-refractivity contribution in [3.05, 3.63) is 22.4 Å². The average Bonchev–Trinajstić information content (AvgIpc) is 3.07. The van der Waals surface area contributed by atoms with Gasteiger partial charge in [-0.05, 0) is 37.0 Å². The van der Waals surface area contributed by atoms with Crippen molar-refractivity contribution >= 4 is 29.0 Å². The fourth-order valence-electron chi connectivity index (χ4n) is 3.20. The Morgan fingerprint density at radius 3 is 3.11 bits per heavy atom. The van der Waals surface area contributed by atoms with Crippen molar-refractivity contribution in [2.75, 3.05) is 12.8 Å². The van der Waals surface area contributed by atoms with Crippen LogP contribution in [0.2, 0.25) is 0 Å². The molecule has 1 aromatic heterocycles. The van der Waals surface area contributed by atoms with E-state index in [1.165, 1.54) is 17.7 Å². The molecule has 1 saturated carbocycles. The standard InChI is InChI=1S/C14H20N2OS2/c1-18-11-5-2-4-10(8-11)16-13(17)9-15-14(16)12-6-3-7-19-12/h3,6-7,10-11,14-15H,2,4-5,8-9H2,1H3. The third-order valence-corrected chi connectivity index (χ3v) is 6.17. The number of carbonyl (C=O) groups excluding carboxylic acids is 1. The highest BCUT2D eigenvalue weighted by Gasteiger charge is 2.39. The fourth-order valence-corrected chi connectivity index (χ4v) is 4.82. The molecule has 0 aromatic carbocycles. The zero-order valence-electron chi connectivity index (χ0n) is 11.2. The number of rotatable bonds is 3. The Hall–Kier alpha value is -0.520. The van der Waals surface area contributed by atoms with Crippen molar-refractivity contribution in [1.29, 1.82) is 0 Å². The molecule has 1 aliphatic carbocycles. The number of thiophene rings is 1. The second-order valence-electron chi connectivity index (χ2n) is 5.28. The van der Waals surface area contributed by atoms with Gasteiger partial charge in [-0.3, -0.25) is 10.1 Å². The van der Waals surface area contributed by atoms with Crippen LogP contribution in [0, 0.1) is 0 Å². The summed E-state index contributed by atoms with van der Waals surface area (Å²) in [6.45, 7) is 0.489. The molecule has 1 aromatic rings. The Balaban J connectivity index is 1.78. The van der Waals surface area contributed by atoms with Gasteiger partial charge < -0.3 is 4.90 Å². The first-order chi connectivity index (χ1) is 9.29. The minimum absolute atomic E-state index is 0.109. The molecule has 0 spiro atoms. The van der Waals surface area contributed by atoms with Gasteiger partial charge in [0.2, 0.25) is 5.91 Å². The lowest BCUT2D eigenvalue weighted by Crippen LogP contribution is -2.42. The maximum Gasteiger partial charge on any atom is 0.238 e. The van der Waals surface area contributed by atoms with Crippen LogP contribution in [0.15, 0.2) is 17.5 Å². The van der Waals surface area contributed by atoms with Crippen LogP contribution in [0.1, 0.15) is 36.7 Å². The van der Waals surface area contributed by atoms with E-state index in [4.69, 9.17) is 0 Å². The Bertz CT molecular complexity index is 435. The van der Waals surface area contributed by atoms with Gasteiger partial charge in [0.25, 0.3) is 0 Å². The molecule has 3 unspecified atom stereocenters. The summed E-state index contributed by atoms with van der Waals surface area (Å²) in [7, 11) is 0. The SMILES string of the molecule is CSC1CCCC(N2C(=O)CNC2c2cccs2)C1. The Kier molecular flexibility index (Phi) is 4.15. The number of carbonyl (C=O) groups is 1. The summed E-state index contributed by atoms with van der Waals surface area (Å²) in [5.74, 6) is 0.269. The molecule has 0 bridgehead atoms. The molecule has 2 heterocycles. The molecular weight excluding hydrogens is 276 g/mol. The highest BCUT2D eigenvalue weighted by molar-refractivity contribution is 7.99. The number of amides is 1. The second kappa shape index (κ2) is 5.85. The lowest BCUT2D eigenvalue weighted by molar-refractivity contribution is -0.130. The minimum Gasteiger partial charge on any atom is -0.318 e. The van der Waals surface area contributed by atoms with Crippen molar-refractivity contribution in [3.63, 3.8) is 0 Å². The molecule has 5 heteroatoms. The van der Waals surface area contributed by atoms with E-state index in [2.05, 4.69) is 34.0 Å². The van der Waals surface area contributed by atoms with Crippen LogP contribution < -0.4 is 5.32 Å². The Morgan fingerprint density at radius 1 is 1.47 bits per heavy atom. The average molecular weight is 296 g/mol. The second-order valence-corrected chi connectivity index (χ2v) is 7.40. The maximum atomic E-state index is 12.2. The van der Waals surface area contributed by atoms with E-state index in [-0.39, 0.29) is 12.1 Å². The molecule has 1 N–H and O–H groups in total. The van der Waals surface area contributed by atoms with Crippen LogP contribution in [-0.4, -0.2) is 34.9 Å². The van der Waals surface area contributed by atoms with E-state index in [1.54, 1.807) is 11.3 Å². The van der Waals surface area contributed by atoms with E-state index < -0.39 is 0 Å². The van der Waals surface area contributed by atoms with E-state index in [0.717, 1.165) is 18.1 Å². The molecular formula is C14H20N2OS2. The van der Waals surface area contributed by atoms with Crippen LogP contribution in [0.25, 0.3) is 0 Å². The van der Waals surface area contributed by atoms with Crippen molar-refractivity contribution in [2.24, 2.45) is 0 Å². The molecule has 3 rings (SSSR count). The monoisotopic (exact) mass is 296 g/mol. The van der Waals surface area contributed by atoms with Gasteiger partial charge in [0, 0.05) is 16.2 Å². The first-order valence-electron chi connectivity index (χ1n) is 6.90. The van der Waals surface area contributed by atoms with Gasteiger partial charge >= 0.3 is 0 Å². The minimum atomic E-state index is 0.109. The quantitative estimate of drug-likeness (QED) is 0.931. The molecule has 0 radical (unpaired) electrons. The molecule has 3 atom stereocenters.